The van der Waals surface area contributed by atoms with Crippen LogP contribution in [0, 0.1) is 11.8 Å². The molecule has 4 heteroatoms. The second kappa shape index (κ2) is 3.76. The van der Waals surface area contributed by atoms with E-state index in [0.717, 1.165) is 0 Å². The average Bonchev–Trinajstić information content (AvgIpc) is 2.52. The Morgan fingerprint density at radius 2 is 1.93 bits per heavy atom. The van der Waals surface area contributed by atoms with Gasteiger partial charge in [-0.15, -0.1) is 11.6 Å². The number of alkyl halides is 1. The van der Waals surface area contributed by atoms with Gasteiger partial charge in [0.05, 0.1) is 17.0 Å². The zero-order valence-electron chi connectivity index (χ0n) is 7.54. The fourth-order valence-corrected chi connectivity index (χ4v) is 1.37. The number of esters is 2. The third kappa shape index (κ3) is 1.72. The van der Waals surface area contributed by atoms with Gasteiger partial charge >= 0.3 is 11.9 Å². The molecule has 74 valence electrons. The Morgan fingerprint density at radius 3 is 2.67 bits per heavy atom. The van der Waals surface area contributed by atoms with Gasteiger partial charge in [-0.1, -0.05) is 11.8 Å². The van der Waals surface area contributed by atoms with Crippen LogP contribution < -0.4 is 0 Å². The molecule has 0 radical (unpaired) electrons. The average molecular weight is 221 g/mol. The molecule has 1 aromatic carbocycles. The first kappa shape index (κ1) is 9.75. The van der Waals surface area contributed by atoms with Crippen LogP contribution in [0.4, 0.5) is 0 Å². The van der Waals surface area contributed by atoms with Crippen LogP contribution in [-0.2, 0) is 4.74 Å². The highest BCUT2D eigenvalue weighted by molar-refractivity contribution is 6.19. The lowest BCUT2D eigenvalue weighted by atomic mass is 10.1. The van der Waals surface area contributed by atoms with Crippen molar-refractivity contribution in [1.29, 1.82) is 0 Å². The van der Waals surface area contributed by atoms with E-state index in [0.29, 0.717) is 5.56 Å². The fourth-order valence-electron chi connectivity index (χ4n) is 1.30. The molecule has 0 amide bonds. The topological polar surface area (TPSA) is 43.4 Å². The Bertz CT molecular complexity index is 508. The van der Waals surface area contributed by atoms with Crippen molar-refractivity contribution >= 4 is 23.5 Å². The molecule has 0 atom stereocenters. The zero-order valence-corrected chi connectivity index (χ0v) is 8.30. The van der Waals surface area contributed by atoms with Crippen LogP contribution in [0.2, 0.25) is 0 Å². The summed E-state index contributed by atoms with van der Waals surface area (Å²) in [6, 6.07) is 4.71. The number of benzene rings is 1. The van der Waals surface area contributed by atoms with Crippen LogP contribution in [0.3, 0.4) is 0 Å². The summed E-state index contributed by atoms with van der Waals surface area (Å²) < 4.78 is 4.44. The van der Waals surface area contributed by atoms with Crippen molar-refractivity contribution in [3.63, 3.8) is 0 Å². The molecule has 0 bridgehead atoms. The molecule has 0 spiro atoms. The molecule has 2 rings (SSSR count). The maximum Gasteiger partial charge on any atom is 0.346 e. The first-order valence-electron chi connectivity index (χ1n) is 4.18. The number of hydrogen-bond donors (Lipinski definition) is 0. The van der Waals surface area contributed by atoms with E-state index < -0.39 is 11.9 Å². The first-order chi connectivity index (χ1) is 7.22. The highest BCUT2D eigenvalue weighted by atomic mass is 35.5. The summed E-state index contributed by atoms with van der Waals surface area (Å²) in [4.78, 5) is 22.3. The van der Waals surface area contributed by atoms with Gasteiger partial charge in [0.2, 0.25) is 0 Å². The van der Waals surface area contributed by atoms with Crippen molar-refractivity contribution < 1.29 is 14.3 Å². The van der Waals surface area contributed by atoms with Crippen molar-refractivity contribution in [3.05, 3.63) is 34.9 Å². The Hall–Kier alpha value is -1.79. The Kier molecular flexibility index (Phi) is 2.44. The van der Waals surface area contributed by atoms with Gasteiger partial charge in [-0.2, -0.15) is 0 Å². The lowest BCUT2D eigenvalue weighted by Crippen LogP contribution is -1.96. The number of carbonyl (C=O) groups excluding carboxylic acids is 2. The Balaban J connectivity index is 2.47. The minimum atomic E-state index is -0.621. The van der Waals surface area contributed by atoms with Crippen LogP contribution in [0.5, 0.6) is 0 Å². The maximum atomic E-state index is 11.2. The smallest absolute Gasteiger partial charge is 0.346 e. The summed E-state index contributed by atoms with van der Waals surface area (Å²) in [6.07, 6.45) is 0. The Labute approximate surface area is 91.0 Å². The molecule has 1 aromatic rings. The second-order valence-electron chi connectivity index (χ2n) is 2.87. The zero-order chi connectivity index (χ0) is 10.8. The van der Waals surface area contributed by atoms with E-state index in [1.807, 2.05) is 0 Å². The number of hydrogen-bond acceptors (Lipinski definition) is 3. The molecule has 0 fully saturated rings. The summed E-state index contributed by atoms with van der Waals surface area (Å²) in [5.41, 5.74) is 1.19. The molecule has 0 aromatic heterocycles. The summed E-state index contributed by atoms with van der Waals surface area (Å²) in [7, 11) is 0. The molecule has 1 heterocycles. The molecule has 15 heavy (non-hydrogen) atoms. The number of rotatable bonds is 0. The van der Waals surface area contributed by atoms with Crippen LogP contribution in [-0.4, -0.2) is 17.8 Å². The molecule has 1 aliphatic rings. The number of carbonyl (C=O) groups is 2. The van der Waals surface area contributed by atoms with Crippen molar-refractivity contribution in [2.45, 2.75) is 0 Å². The molecule has 0 saturated heterocycles. The highest BCUT2D eigenvalue weighted by Crippen LogP contribution is 2.20. The largest absolute Gasteiger partial charge is 0.386 e. The Morgan fingerprint density at radius 1 is 1.20 bits per heavy atom. The van der Waals surface area contributed by atoms with Crippen LogP contribution in [0.25, 0.3) is 0 Å². The van der Waals surface area contributed by atoms with Crippen molar-refractivity contribution in [2.24, 2.45) is 0 Å². The van der Waals surface area contributed by atoms with Gasteiger partial charge in [-0.05, 0) is 18.2 Å². The molecule has 0 saturated carbocycles. The monoisotopic (exact) mass is 220 g/mol. The van der Waals surface area contributed by atoms with E-state index in [-0.39, 0.29) is 17.0 Å². The van der Waals surface area contributed by atoms with Crippen LogP contribution in [0.15, 0.2) is 18.2 Å². The van der Waals surface area contributed by atoms with Crippen molar-refractivity contribution in [1.82, 2.24) is 0 Å². The molecule has 0 N–H and O–H groups in total. The highest BCUT2D eigenvalue weighted by Gasteiger charge is 2.29. The normalized spacial score (nSPS) is 12.9. The maximum absolute atomic E-state index is 11.2. The summed E-state index contributed by atoms with van der Waals surface area (Å²) in [5, 5.41) is 0. The van der Waals surface area contributed by atoms with E-state index in [2.05, 4.69) is 16.6 Å². The van der Waals surface area contributed by atoms with Crippen molar-refractivity contribution in [2.75, 3.05) is 5.88 Å². The minimum absolute atomic E-state index is 0.223. The van der Waals surface area contributed by atoms with E-state index in [9.17, 15) is 9.59 Å². The number of ether oxygens (including phenoxy) is 1. The standard InChI is InChI=1S/C11H5ClO3/c12-5-1-2-7-3-4-8-9(6-7)11(14)15-10(8)13/h3-4,6H,5H2. The summed E-state index contributed by atoms with van der Waals surface area (Å²) in [6.45, 7) is 0. The number of halogens is 1. The fraction of sp³-hybridized carbons (Fsp3) is 0.0909. The predicted molar refractivity (Wildman–Crippen MR) is 53.8 cm³/mol. The van der Waals surface area contributed by atoms with Gasteiger partial charge < -0.3 is 4.74 Å². The van der Waals surface area contributed by atoms with Gasteiger partial charge in [-0.3, -0.25) is 0 Å². The van der Waals surface area contributed by atoms with Gasteiger partial charge in [0.25, 0.3) is 0 Å². The van der Waals surface area contributed by atoms with Gasteiger partial charge in [0.1, 0.15) is 0 Å². The minimum Gasteiger partial charge on any atom is -0.386 e. The van der Waals surface area contributed by atoms with E-state index in [4.69, 9.17) is 11.6 Å². The molecular weight excluding hydrogens is 216 g/mol. The van der Waals surface area contributed by atoms with Crippen LogP contribution >= 0.6 is 11.6 Å². The first-order valence-corrected chi connectivity index (χ1v) is 4.71. The molecule has 0 unspecified atom stereocenters. The van der Waals surface area contributed by atoms with E-state index in [1.54, 1.807) is 6.07 Å². The molecular formula is C11H5ClO3. The number of fused-ring (bicyclic) bond motifs is 1. The molecule has 0 aliphatic carbocycles. The van der Waals surface area contributed by atoms with E-state index >= 15 is 0 Å². The SMILES string of the molecule is O=C1OC(=O)c2cc(C#CCCl)ccc21. The lowest BCUT2D eigenvalue weighted by Gasteiger charge is -1.92. The van der Waals surface area contributed by atoms with E-state index in [1.165, 1.54) is 12.1 Å². The van der Waals surface area contributed by atoms with Crippen molar-refractivity contribution in [3.8, 4) is 11.8 Å². The lowest BCUT2D eigenvalue weighted by molar-refractivity contribution is 0.0444. The summed E-state index contributed by atoms with van der Waals surface area (Å²) >= 11 is 5.40. The molecule has 1 aliphatic heterocycles. The summed E-state index contributed by atoms with van der Waals surface area (Å²) in [5.74, 6) is 4.42. The van der Waals surface area contributed by atoms with Gasteiger partial charge in [0.15, 0.2) is 0 Å². The quantitative estimate of drug-likeness (QED) is 0.289. The second-order valence-corrected chi connectivity index (χ2v) is 3.14. The molecule has 3 nitrogen and oxygen atoms in total. The number of cyclic esters (lactones) is 2. The predicted octanol–water partition coefficient (Wildman–Crippen LogP) is 1.59. The third-order valence-corrected chi connectivity index (χ3v) is 2.08. The third-order valence-electron chi connectivity index (χ3n) is 1.94. The van der Waals surface area contributed by atoms with Crippen LogP contribution in [0.1, 0.15) is 26.3 Å². The van der Waals surface area contributed by atoms with Gasteiger partial charge in [-0.25, -0.2) is 9.59 Å². The van der Waals surface area contributed by atoms with Gasteiger partial charge in [0, 0.05) is 5.56 Å².